The van der Waals surface area contributed by atoms with E-state index in [2.05, 4.69) is 53.4 Å². The molecule has 2 aromatic heterocycles. The van der Waals surface area contributed by atoms with Crippen molar-refractivity contribution >= 4 is 45.9 Å². The molecule has 28 heteroatoms. The molecule has 0 spiro atoms. The number of hydrogen-bond donors (Lipinski definition) is 3. The second-order valence-corrected chi connectivity index (χ2v) is 38.1. The first-order valence-electron chi connectivity index (χ1n) is 19.4. The quantitative estimate of drug-likeness (QED) is 0.228. The molecular formula is C37H55F3N9O7P3W3Y3. The van der Waals surface area contributed by atoms with Crippen LogP contribution in [0.2, 0.25) is 0 Å². The summed E-state index contributed by atoms with van der Waals surface area (Å²) in [6, 6.07) is 1.68. The average molecular weight is 1710 g/mol. The maximum atomic E-state index is 15.0. The number of halogens is 3. The number of carbonyl (C=O) groups excluding carboxylic acids is 1. The minimum atomic E-state index is -1.52. The Morgan fingerprint density at radius 1 is 0.785 bits per heavy atom. The number of aromatic nitrogens is 3. The van der Waals surface area contributed by atoms with Gasteiger partial charge in [0, 0.05) is 98.1 Å². The van der Waals surface area contributed by atoms with Crippen molar-refractivity contribution in [2.24, 2.45) is 10.7 Å². The summed E-state index contributed by atoms with van der Waals surface area (Å²) in [6.07, 6.45) is 7.05. The van der Waals surface area contributed by atoms with Gasteiger partial charge in [-0.1, -0.05) is 0 Å². The molecule has 12 atom stereocenters. The van der Waals surface area contributed by atoms with Crippen molar-refractivity contribution in [1.82, 2.24) is 29.7 Å². The molecule has 5 N–H and O–H groups in total. The Hall–Kier alpha value is 2.14. The van der Waals surface area contributed by atoms with Crippen molar-refractivity contribution in [2.45, 2.75) is 94.0 Å². The smallest absolute Gasteiger partial charge is 0 e. The molecule has 5 aliphatic heterocycles. The fourth-order valence-electron chi connectivity index (χ4n) is 7.28. The van der Waals surface area contributed by atoms with Crippen LogP contribution in [0.25, 0.3) is 11.2 Å². The zero-order valence-electron chi connectivity index (χ0n) is 36.9. The number of nitrogen functional groups attached to an aromatic ring is 1. The first-order chi connectivity index (χ1) is 29.0. The van der Waals surface area contributed by atoms with E-state index >= 15 is 0 Å². The van der Waals surface area contributed by atoms with E-state index in [1.807, 2.05) is 0 Å². The van der Waals surface area contributed by atoms with Gasteiger partial charge in [-0.05, 0) is 0 Å². The second kappa shape index (κ2) is 28.0. The van der Waals surface area contributed by atoms with Crippen molar-refractivity contribution in [3.8, 4) is 0 Å². The van der Waals surface area contributed by atoms with Gasteiger partial charge in [-0.15, -0.1) is 0 Å². The fraction of sp³-hybridized carbons (Fsp3) is 0.568. The molecule has 3 unspecified atom stereocenters. The minimum Gasteiger partial charge on any atom is 0 e. The molecular weight excluding hydrogens is 1650 g/mol. The van der Waals surface area contributed by atoms with Gasteiger partial charge in [-0.3, -0.25) is 0 Å². The van der Waals surface area contributed by atoms with Gasteiger partial charge in [0.15, 0.2) is 0 Å². The maximum Gasteiger partial charge on any atom is 0 e. The third kappa shape index (κ3) is 17.9. The van der Waals surface area contributed by atoms with Crippen molar-refractivity contribution in [1.29, 1.82) is 0 Å². The number of carbonyl (C=O) groups is 1. The summed E-state index contributed by atoms with van der Waals surface area (Å²) in [6.45, 7) is 19.6. The number of anilines is 1. The van der Waals surface area contributed by atoms with Crippen LogP contribution >= 0.6 is 17.3 Å². The molecule has 16 nitrogen and oxygen atoms in total. The average Bonchev–Trinajstić information content (AvgIpc) is 3.90. The third-order valence-electron chi connectivity index (χ3n) is 9.98. The molecule has 2 aromatic rings. The summed E-state index contributed by atoms with van der Waals surface area (Å²) in [4.78, 5) is 26.9. The molecule has 65 heavy (non-hydrogen) atoms. The number of amides is 1. The maximum absolute atomic E-state index is 15.0. The Morgan fingerprint density at radius 2 is 1.23 bits per heavy atom. The zero-order valence-corrected chi connectivity index (χ0v) is 57.3. The van der Waals surface area contributed by atoms with Gasteiger partial charge in [-0.25, -0.2) is 0 Å². The number of ether oxygens (including phenoxy) is 3. The number of alkyl halides is 3. The molecule has 3 saturated heterocycles. The molecule has 0 bridgehead atoms. The SMILES string of the molecule is C=C1N=C(N)C=CN1[C@@H]1O[C@H](CO[PH](C)=[W])C[C@@]1(C)F.C=C1NC(=O)C=CN1[C@@H]1O[C@H](CO[PH](C)=[W])C[C@@]1(C)F.C[PH](=[W])OC[C@@H]1C[C@@](C)(F)[C@H](n2cnc3c(N)ccnc32)O1.[Y].[Y].[Y]. The predicted molar refractivity (Wildman–Crippen MR) is 226 cm³/mol. The van der Waals surface area contributed by atoms with Crippen LogP contribution in [0.1, 0.15) is 46.3 Å². The standard InChI is InChI=1S/C13H18FN4O2P.C12H19FN3O2P.C12H18FN2O3P.3W.3Y/c1-13(14)5-8(6-19-21-2)20-12(13)18-7-17-10-9(15)3-4-16-11(10)18;1-8-15-10(14)4-5-16(8)11-12(2,13)6-9(18-11)7-17-19-3;1-8-14-10(16)4-5-15(8)11-12(2,13)6-9(18-11)7-17-19-3;;;;;;/h3-4,7-8,12,21H,5-6H2,1-2H3,(H2,15,16);4-5,9,11,19H,1,6-7H2,2-3H3,(H2,14,15);4-5,9,11,19H,1,6-7H2,2-3H3,(H,14,16);;;;;;/t8-,12+,13+;2*9-,11+,12+;;;;;;/m000....../s1. The molecule has 0 saturated carbocycles. The van der Waals surface area contributed by atoms with Gasteiger partial charge in [0.05, 0.1) is 0 Å². The van der Waals surface area contributed by atoms with E-state index in [4.69, 9.17) is 39.2 Å². The Kier molecular flexibility index (Phi) is 27.2. The van der Waals surface area contributed by atoms with Gasteiger partial charge in [0.2, 0.25) is 0 Å². The van der Waals surface area contributed by atoms with Gasteiger partial charge < -0.3 is 0 Å². The third-order valence-corrected chi connectivity index (χ3v) is 15.5. The van der Waals surface area contributed by atoms with Crippen LogP contribution in [0.4, 0.5) is 18.9 Å². The Bertz CT molecular complexity index is 2180. The Labute approximate surface area is 487 Å². The number of nitrogens with two attached hydrogens (primary N) is 2. The number of amidine groups is 1. The van der Waals surface area contributed by atoms with Crippen LogP contribution in [-0.2, 0) is 187 Å². The predicted octanol–water partition coefficient (Wildman–Crippen LogP) is 5.47. The summed E-state index contributed by atoms with van der Waals surface area (Å²) in [5.74, 6) is -1.39. The van der Waals surface area contributed by atoms with Gasteiger partial charge in [-0.2, -0.15) is 0 Å². The molecule has 3 fully saturated rings. The first kappa shape index (κ1) is 63.3. The summed E-state index contributed by atoms with van der Waals surface area (Å²) in [5.41, 5.74) is 8.59. The number of hydrogen-bond acceptors (Lipinski definition) is 14. The number of rotatable bonds is 12. The van der Waals surface area contributed by atoms with Gasteiger partial charge in [0.25, 0.3) is 0 Å². The van der Waals surface area contributed by atoms with Gasteiger partial charge >= 0.3 is 396 Å². The molecule has 7 rings (SSSR count). The Balaban J connectivity index is 0.000000328. The normalized spacial score (nSPS) is 31.8. The van der Waals surface area contributed by atoms with E-state index in [0.717, 1.165) is 0 Å². The molecule has 353 valence electrons. The summed E-state index contributed by atoms with van der Waals surface area (Å²) in [7, 11) is 0. The van der Waals surface area contributed by atoms with Crippen LogP contribution in [0.15, 0.2) is 72.9 Å². The topological polar surface area (TPSA) is 186 Å². The van der Waals surface area contributed by atoms with Crippen LogP contribution in [0.5, 0.6) is 0 Å². The monoisotopic (exact) mass is 1710 g/mol. The molecule has 3 radical (unpaired) electrons. The van der Waals surface area contributed by atoms with Crippen LogP contribution in [-0.4, -0.2) is 124 Å². The number of pyridine rings is 1. The summed E-state index contributed by atoms with van der Waals surface area (Å²) < 4.78 is 80.4. The van der Waals surface area contributed by atoms with E-state index in [1.54, 1.807) is 47.3 Å². The molecule has 0 aliphatic carbocycles. The van der Waals surface area contributed by atoms with E-state index < -0.39 is 53.0 Å². The second-order valence-electron chi connectivity index (χ2n) is 15.7. The van der Waals surface area contributed by atoms with Crippen molar-refractivity contribution < 1.29 is 200 Å². The molecule has 5 aliphatic rings. The van der Waals surface area contributed by atoms with Gasteiger partial charge in [0.1, 0.15) is 0 Å². The molecule has 7 heterocycles. The Morgan fingerprint density at radius 3 is 1.69 bits per heavy atom. The number of aliphatic imine (C=N–C) groups is 1. The van der Waals surface area contributed by atoms with Crippen LogP contribution in [0.3, 0.4) is 0 Å². The van der Waals surface area contributed by atoms with Crippen molar-refractivity contribution in [2.75, 3.05) is 45.5 Å². The minimum absolute atomic E-state index is 0. The van der Waals surface area contributed by atoms with Crippen LogP contribution < -0.4 is 16.8 Å². The largest absolute Gasteiger partial charge is 0 e. The summed E-state index contributed by atoms with van der Waals surface area (Å²) >= 11 is 4.31. The number of nitrogens with one attached hydrogen (secondary N) is 1. The fourth-order valence-corrected chi connectivity index (χ4v) is 10.7. The van der Waals surface area contributed by atoms with E-state index in [-0.39, 0.29) is 129 Å². The van der Waals surface area contributed by atoms with Crippen molar-refractivity contribution in [3.05, 3.63) is 67.9 Å². The summed E-state index contributed by atoms with van der Waals surface area (Å²) in [5, 5.41) is 2.55. The number of fused-ring (bicyclic) bond motifs is 1. The van der Waals surface area contributed by atoms with Crippen molar-refractivity contribution in [3.63, 3.8) is 0 Å². The van der Waals surface area contributed by atoms with E-state index in [0.29, 0.717) is 67.0 Å². The molecule has 1 amide bonds. The number of imidazole rings is 1. The number of nitrogens with zero attached hydrogens (tertiary/aromatic N) is 6. The van der Waals surface area contributed by atoms with Crippen LogP contribution in [0, 0.1) is 0 Å². The first-order valence-corrected chi connectivity index (χ1v) is 38.1. The zero-order chi connectivity index (χ0) is 45.7. The van der Waals surface area contributed by atoms with E-state index in [1.165, 1.54) is 87.4 Å². The molecule has 0 aromatic carbocycles. The van der Waals surface area contributed by atoms with E-state index in [9.17, 15) is 18.0 Å².